The number of hydrogen-bond acceptors (Lipinski definition) is 3. The Bertz CT molecular complexity index is 118. The molecule has 0 heterocycles. The van der Waals surface area contributed by atoms with E-state index in [1.54, 1.807) is 7.11 Å². The lowest BCUT2D eigenvalue weighted by Crippen LogP contribution is -2.27. The quantitative estimate of drug-likeness (QED) is 0.581. The summed E-state index contributed by atoms with van der Waals surface area (Å²) in [6, 6.07) is 0.280. The molecule has 3 heteroatoms. The van der Waals surface area contributed by atoms with Gasteiger partial charge < -0.3 is 15.2 Å². The maximum atomic E-state index is 5.83. The van der Waals surface area contributed by atoms with Gasteiger partial charge in [-0.15, -0.1) is 0 Å². The highest BCUT2D eigenvalue weighted by molar-refractivity contribution is 4.66. The third-order valence-electron chi connectivity index (χ3n) is 2.54. The third-order valence-corrected chi connectivity index (χ3v) is 2.54. The third kappa shape index (κ3) is 7.30. The summed E-state index contributed by atoms with van der Waals surface area (Å²) in [7, 11) is 1.71. The minimum Gasteiger partial charge on any atom is -0.385 e. The summed E-state index contributed by atoms with van der Waals surface area (Å²) < 4.78 is 10.4. The molecule has 0 saturated carbocycles. The van der Waals surface area contributed by atoms with E-state index in [9.17, 15) is 0 Å². The minimum absolute atomic E-state index is 0.280. The van der Waals surface area contributed by atoms with Gasteiger partial charge in [-0.2, -0.15) is 0 Å². The number of methoxy groups -OCH3 is 1. The normalized spacial score (nSPS) is 15.4. The summed E-state index contributed by atoms with van der Waals surface area (Å²) >= 11 is 0. The van der Waals surface area contributed by atoms with Crippen molar-refractivity contribution in [1.82, 2.24) is 0 Å². The van der Waals surface area contributed by atoms with Gasteiger partial charge in [-0.05, 0) is 25.7 Å². The van der Waals surface area contributed by atoms with Crippen LogP contribution in [-0.4, -0.2) is 33.0 Å². The molecule has 0 fully saturated rings. The van der Waals surface area contributed by atoms with E-state index in [2.05, 4.69) is 13.8 Å². The van der Waals surface area contributed by atoms with Crippen molar-refractivity contribution in [2.24, 2.45) is 11.7 Å². The van der Waals surface area contributed by atoms with Gasteiger partial charge >= 0.3 is 0 Å². The van der Waals surface area contributed by atoms with Crippen LogP contribution in [0.2, 0.25) is 0 Å². The van der Waals surface area contributed by atoms with Gasteiger partial charge in [-0.25, -0.2) is 0 Å². The van der Waals surface area contributed by atoms with Crippen LogP contribution >= 0.6 is 0 Å². The van der Waals surface area contributed by atoms with Crippen molar-refractivity contribution in [3.05, 3.63) is 0 Å². The van der Waals surface area contributed by atoms with E-state index in [-0.39, 0.29) is 6.04 Å². The molecule has 0 aliphatic carbocycles. The Balaban J connectivity index is 3.25. The first-order chi connectivity index (χ1) is 6.72. The highest BCUT2D eigenvalue weighted by atomic mass is 16.5. The molecule has 3 nitrogen and oxygen atoms in total. The first-order valence-electron chi connectivity index (χ1n) is 5.54. The molecule has 2 atom stereocenters. The number of hydrogen-bond donors (Lipinski definition) is 1. The second-order valence-corrected chi connectivity index (χ2v) is 3.77. The molecule has 0 radical (unpaired) electrons. The molecule has 0 aromatic rings. The molecule has 14 heavy (non-hydrogen) atoms. The van der Waals surface area contributed by atoms with Gasteiger partial charge in [-0.3, -0.25) is 0 Å². The van der Waals surface area contributed by atoms with E-state index >= 15 is 0 Å². The summed E-state index contributed by atoms with van der Waals surface area (Å²) in [6.45, 7) is 6.65. The first kappa shape index (κ1) is 13.9. The van der Waals surface area contributed by atoms with Crippen LogP contribution in [0.25, 0.3) is 0 Å². The summed E-state index contributed by atoms with van der Waals surface area (Å²) in [6.07, 6.45) is 3.19. The molecule has 0 amide bonds. The van der Waals surface area contributed by atoms with Crippen molar-refractivity contribution in [1.29, 1.82) is 0 Å². The fraction of sp³-hybridized carbons (Fsp3) is 1.00. The van der Waals surface area contributed by atoms with Crippen LogP contribution < -0.4 is 5.73 Å². The first-order valence-corrected chi connectivity index (χ1v) is 5.54. The molecule has 2 N–H and O–H groups in total. The van der Waals surface area contributed by atoms with Crippen LogP contribution in [0.3, 0.4) is 0 Å². The van der Waals surface area contributed by atoms with Crippen molar-refractivity contribution in [3.63, 3.8) is 0 Å². The van der Waals surface area contributed by atoms with E-state index in [1.165, 1.54) is 0 Å². The Morgan fingerprint density at radius 2 is 1.93 bits per heavy atom. The van der Waals surface area contributed by atoms with E-state index in [1.807, 2.05) is 0 Å². The largest absolute Gasteiger partial charge is 0.385 e. The molecule has 0 aromatic heterocycles. The van der Waals surface area contributed by atoms with E-state index in [0.717, 1.165) is 39.1 Å². The Labute approximate surface area is 88.0 Å². The van der Waals surface area contributed by atoms with Crippen LogP contribution in [0.1, 0.15) is 33.1 Å². The predicted octanol–water partition coefficient (Wildman–Crippen LogP) is 1.80. The molecule has 0 aliphatic heterocycles. The van der Waals surface area contributed by atoms with Gasteiger partial charge in [0.05, 0.1) is 0 Å². The number of rotatable bonds is 9. The zero-order valence-corrected chi connectivity index (χ0v) is 9.79. The smallest absolute Gasteiger partial charge is 0.0487 e. The second kappa shape index (κ2) is 9.44. The average Bonchev–Trinajstić information content (AvgIpc) is 2.16. The zero-order chi connectivity index (χ0) is 10.8. The van der Waals surface area contributed by atoms with Gasteiger partial charge in [0.2, 0.25) is 0 Å². The Morgan fingerprint density at radius 3 is 2.43 bits per heavy atom. The molecule has 0 aromatic carbocycles. The molecule has 0 rings (SSSR count). The summed E-state index contributed by atoms with van der Waals surface area (Å²) in [5, 5.41) is 0. The molecule has 0 saturated heterocycles. The van der Waals surface area contributed by atoms with Crippen molar-refractivity contribution in [2.45, 2.75) is 39.2 Å². The Morgan fingerprint density at radius 1 is 1.21 bits per heavy atom. The lowest BCUT2D eigenvalue weighted by Gasteiger charge is -2.18. The number of nitrogens with two attached hydrogens (primary N) is 1. The van der Waals surface area contributed by atoms with Crippen molar-refractivity contribution < 1.29 is 9.47 Å². The molecular weight excluding hydrogens is 178 g/mol. The summed E-state index contributed by atoms with van der Waals surface area (Å²) in [5.41, 5.74) is 5.83. The second-order valence-electron chi connectivity index (χ2n) is 3.77. The molecule has 2 unspecified atom stereocenters. The lowest BCUT2D eigenvalue weighted by atomic mass is 9.96. The maximum Gasteiger partial charge on any atom is 0.0487 e. The minimum atomic E-state index is 0.280. The van der Waals surface area contributed by atoms with Gasteiger partial charge in [-0.1, -0.05) is 13.3 Å². The lowest BCUT2D eigenvalue weighted by molar-refractivity contribution is 0.0914. The monoisotopic (exact) mass is 203 g/mol. The number of ether oxygens (including phenoxy) is 2. The van der Waals surface area contributed by atoms with Gasteiger partial charge in [0.15, 0.2) is 0 Å². The van der Waals surface area contributed by atoms with Gasteiger partial charge in [0, 0.05) is 33.0 Å². The van der Waals surface area contributed by atoms with Crippen LogP contribution in [0.15, 0.2) is 0 Å². The Kier molecular flexibility index (Phi) is 9.35. The van der Waals surface area contributed by atoms with E-state index in [4.69, 9.17) is 15.2 Å². The Hall–Kier alpha value is -0.120. The van der Waals surface area contributed by atoms with Gasteiger partial charge in [0.25, 0.3) is 0 Å². The molecule has 86 valence electrons. The van der Waals surface area contributed by atoms with Crippen LogP contribution in [0.5, 0.6) is 0 Å². The predicted molar refractivity (Wildman–Crippen MR) is 59.4 cm³/mol. The van der Waals surface area contributed by atoms with Crippen LogP contribution in [0, 0.1) is 5.92 Å². The van der Waals surface area contributed by atoms with Crippen molar-refractivity contribution in [2.75, 3.05) is 26.9 Å². The fourth-order valence-corrected chi connectivity index (χ4v) is 1.48. The average molecular weight is 203 g/mol. The molecule has 0 aliphatic rings. The van der Waals surface area contributed by atoms with Crippen LogP contribution in [-0.2, 0) is 9.47 Å². The molecule has 0 spiro atoms. The maximum absolute atomic E-state index is 5.83. The fourth-order valence-electron chi connectivity index (χ4n) is 1.48. The van der Waals surface area contributed by atoms with Crippen LogP contribution in [0.4, 0.5) is 0 Å². The van der Waals surface area contributed by atoms with Crippen molar-refractivity contribution in [3.8, 4) is 0 Å². The zero-order valence-electron chi connectivity index (χ0n) is 9.79. The SMILES string of the molecule is CCC(CCOCCCOC)C(C)N. The summed E-state index contributed by atoms with van der Waals surface area (Å²) in [5.74, 6) is 0.595. The van der Waals surface area contributed by atoms with Crippen molar-refractivity contribution >= 4 is 0 Å². The van der Waals surface area contributed by atoms with Gasteiger partial charge in [0.1, 0.15) is 0 Å². The standard InChI is InChI=1S/C11H25NO2/c1-4-11(10(2)12)6-9-14-8-5-7-13-3/h10-11H,4-9,12H2,1-3H3. The van der Waals surface area contributed by atoms with E-state index < -0.39 is 0 Å². The highest BCUT2D eigenvalue weighted by Gasteiger charge is 2.10. The molecule has 0 bridgehead atoms. The highest BCUT2D eigenvalue weighted by Crippen LogP contribution is 2.11. The summed E-state index contributed by atoms with van der Waals surface area (Å²) in [4.78, 5) is 0. The van der Waals surface area contributed by atoms with E-state index in [0.29, 0.717) is 5.92 Å². The topological polar surface area (TPSA) is 44.5 Å². The molecular formula is C11H25NO2.